The Hall–Kier alpha value is -0.730. The van der Waals surface area contributed by atoms with Crippen molar-refractivity contribution in [2.45, 2.75) is 57.2 Å². The smallest absolute Gasteiger partial charge is 0.0756 e. The Kier molecular flexibility index (Phi) is 3.72. The Morgan fingerprint density at radius 1 is 1.32 bits per heavy atom. The molecule has 1 saturated heterocycles. The van der Waals surface area contributed by atoms with E-state index < -0.39 is 0 Å². The van der Waals surface area contributed by atoms with Crippen LogP contribution in [0, 0.1) is 6.92 Å². The largest absolute Gasteiger partial charge is 0.381 e. The van der Waals surface area contributed by atoms with Gasteiger partial charge in [-0.3, -0.25) is 0 Å². The molecule has 1 N–H and O–H groups in total. The molecular weight excluding hydrogens is 258 g/mol. The number of rotatable bonds is 3. The summed E-state index contributed by atoms with van der Waals surface area (Å²) in [4.78, 5) is 0. The van der Waals surface area contributed by atoms with Crippen LogP contribution in [-0.4, -0.2) is 18.2 Å². The van der Waals surface area contributed by atoms with Crippen molar-refractivity contribution in [3.8, 4) is 0 Å². The van der Waals surface area contributed by atoms with Gasteiger partial charge in [0.25, 0.3) is 0 Å². The van der Waals surface area contributed by atoms with Crippen LogP contribution < -0.4 is 5.32 Å². The van der Waals surface area contributed by atoms with E-state index in [1.165, 1.54) is 44.1 Å². The molecule has 1 atom stereocenters. The molecule has 1 unspecified atom stereocenters. The number of aryl methyl sites for hydroxylation is 1. The minimum Gasteiger partial charge on any atom is -0.381 e. The van der Waals surface area contributed by atoms with E-state index in [-0.39, 0.29) is 5.60 Å². The van der Waals surface area contributed by atoms with E-state index in [4.69, 9.17) is 16.3 Å². The monoisotopic (exact) mass is 279 g/mol. The molecule has 0 amide bonds. The maximum absolute atomic E-state index is 6.31. The Morgan fingerprint density at radius 2 is 2.11 bits per heavy atom. The SMILES string of the molecule is Cc1cccc(Cl)c1NCC1CCC2(CCCC2)O1. The molecule has 1 heterocycles. The summed E-state index contributed by atoms with van der Waals surface area (Å²) in [5.41, 5.74) is 2.48. The highest BCUT2D eigenvalue weighted by atomic mass is 35.5. The first-order chi connectivity index (χ1) is 9.19. The average Bonchev–Trinajstić information content (AvgIpc) is 3.00. The first-order valence-electron chi connectivity index (χ1n) is 7.35. The van der Waals surface area contributed by atoms with Crippen molar-refractivity contribution in [1.29, 1.82) is 0 Å². The van der Waals surface area contributed by atoms with Crippen molar-refractivity contribution in [3.05, 3.63) is 28.8 Å². The fraction of sp³-hybridized carbons (Fsp3) is 0.625. The Bertz CT molecular complexity index is 434. The molecule has 3 heteroatoms. The highest BCUT2D eigenvalue weighted by molar-refractivity contribution is 6.33. The quantitative estimate of drug-likeness (QED) is 0.876. The molecule has 0 bridgehead atoms. The molecular formula is C16H22ClNO. The lowest BCUT2D eigenvalue weighted by molar-refractivity contribution is -0.0307. The summed E-state index contributed by atoms with van der Waals surface area (Å²) in [5.74, 6) is 0. The predicted molar refractivity (Wildman–Crippen MR) is 80.0 cm³/mol. The molecule has 1 spiro atoms. The van der Waals surface area contributed by atoms with Crippen LogP contribution >= 0.6 is 11.6 Å². The number of hydrogen-bond acceptors (Lipinski definition) is 2. The van der Waals surface area contributed by atoms with E-state index in [1.54, 1.807) is 0 Å². The molecule has 0 radical (unpaired) electrons. The highest BCUT2D eigenvalue weighted by Crippen LogP contribution is 2.43. The maximum atomic E-state index is 6.31. The van der Waals surface area contributed by atoms with Crippen molar-refractivity contribution in [2.75, 3.05) is 11.9 Å². The fourth-order valence-corrected chi connectivity index (χ4v) is 3.79. The topological polar surface area (TPSA) is 21.3 Å². The highest BCUT2D eigenvalue weighted by Gasteiger charge is 2.41. The molecule has 19 heavy (non-hydrogen) atoms. The standard InChI is InChI=1S/C16H22ClNO/c1-12-5-4-6-14(17)15(12)18-11-13-7-10-16(19-13)8-2-3-9-16/h4-6,13,18H,2-3,7-11H2,1H3. The van der Waals surface area contributed by atoms with Crippen LogP contribution in [0.25, 0.3) is 0 Å². The third-order valence-electron chi connectivity index (χ3n) is 4.58. The maximum Gasteiger partial charge on any atom is 0.0756 e. The summed E-state index contributed by atoms with van der Waals surface area (Å²) >= 11 is 6.23. The van der Waals surface area contributed by atoms with Gasteiger partial charge >= 0.3 is 0 Å². The second-order valence-corrected chi connectivity index (χ2v) is 6.39. The number of halogens is 1. The summed E-state index contributed by atoms with van der Waals surface area (Å²) in [6.07, 6.45) is 7.95. The number of para-hydroxylation sites is 1. The number of benzene rings is 1. The molecule has 3 rings (SSSR count). The normalized spacial score (nSPS) is 25.1. The molecule has 104 valence electrons. The van der Waals surface area contributed by atoms with Crippen molar-refractivity contribution in [1.82, 2.24) is 0 Å². The van der Waals surface area contributed by atoms with Crippen LogP contribution in [0.15, 0.2) is 18.2 Å². The van der Waals surface area contributed by atoms with E-state index in [0.29, 0.717) is 6.10 Å². The number of anilines is 1. The van der Waals surface area contributed by atoms with E-state index in [2.05, 4.69) is 18.3 Å². The van der Waals surface area contributed by atoms with E-state index in [9.17, 15) is 0 Å². The lowest BCUT2D eigenvalue weighted by Crippen LogP contribution is -2.28. The van der Waals surface area contributed by atoms with Gasteiger partial charge in [0.1, 0.15) is 0 Å². The second kappa shape index (κ2) is 5.34. The van der Waals surface area contributed by atoms with E-state index >= 15 is 0 Å². The zero-order valence-corrected chi connectivity index (χ0v) is 12.3. The van der Waals surface area contributed by atoms with Gasteiger partial charge in [0, 0.05) is 6.54 Å². The molecule has 1 aliphatic carbocycles. The van der Waals surface area contributed by atoms with Gasteiger partial charge in [-0.1, -0.05) is 36.6 Å². The van der Waals surface area contributed by atoms with Crippen LogP contribution in [0.1, 0.15) is 44.1 Å². The van der Waals surface area contributed by atoms with Crippen LogP contribution in [0.2, 0.25) is 5.02 Å². The summed E-state index contributed by atoms with van der Waals surface area (Å²) in [6, 6.07) is 6.01. The molecule has 1 aliphatic heterocycles. The van der Waals surface area contributed by atoms with Crippen molar-refractivity contribution >= 4 is 17.3 Å². The Balaban J connectivity index is 1.59. The van der Waals surface area contributed by atoms with E-state index in [1.807, 2.05) is 12.1 Å². The van der Waals surface area contributed by atoms with Crippen LogP contribution in [-0.2, 0) is 4.74 Å². The van der Waals surface area contributed by atoms with Crippen LogP contribution in [0.5, 0.6) is 0 Å². The molecule has 1 aromatic carbocycles. The van der Waals surface area contributed by atoms with Gasteiger partial charge < -0.3 is 10.1 Å². The molecule has 2 aliphatic rings. The third-order valence-corrected chi connectivity index (χ3v) is 4.90. The van der Waals surface area contributed by atoms with Gasteiger partial charge in [-0.05, 0) is 44.2 Å². The summed E-state index contributed by atoms with van der Waals surface area (Å²) in [6.45, 7) is 2.95. The average molecular weight is 280 g/mol. The zero-order valence-electron chi connectivity index (χ0n) is 11.5. The number of nitrogens with one attached hydrogen (secondary N) is 1. The predicted octanol–water partition coefficient (Wildman–Crippen LogP) is 4.55. The van der Waals surface area contributed by atoms with Crippen LogP contribution in [0.3, 0.4) is 0 Å². The van der Waals surface area contributed by atoms with Gasteiger partial charge in [-0.2, -0.15) is 0 Å². The number of hydrogen-bond donors (Lipinski definition) is 1. The van der Waals surface area contributed by atoms with Gasteiger partial charge in [-0.25, -0.2) is 0 Å². The third kappa shape index (κ3) is 2.75. The summed E-state index contributed by atoms with van der Waals surface area (Å²) in [5, 5.41) is 4.27. The molecule has 2 nitrogen and oxygen atoms in total. The molecule has 1 aromatic rings. The van der Waals surface area contributed by atoms with E-state index in [0.717, 1.165) is 17.3 Å². The van der Waals surface area contributed by atoms with Gasteiger partial charge in [0.15, 0.2) is 0 Å². The Morgan fingerprint density at radius 3 is 2.84 bits per heavy atom. The Labute approximate surface area is 120 Å². The molecule has 2 fully saturated rings. The summed E-state index contributed by atoms with van der Waals surface area (Å²) in [7, 11) is 0. The van der Waals surface area contributed by atoms with Crippen molar-refractivity contribution in [2.24, 2.45) is 0 Å². The molecule has 1 saturated carbocycles. The number of ether oxygens (including phenoxy) is 1. The first kappa shape index (κ1) is 13.3. The molecule has 0 aromatic heterocycles. The summed E-state index contributed by atoms with van der Waals surface area (Å²) < 4.78 is 6.31. The lowest BCUT2D eigenvalue weighted by atomic mass is 9.98. The van der Waals surface area contributed by atoms with Gasteiger partial charge in [0.05, 0.1) is 22.4 Å². The van der Waals surface area contributed by atoms with Gasteiger partial charge in [-0.15, -0.1) is 0 Å². The second-order valence-electron chi connectivity index (χ2n) is 5.98. The van der Waals surface area contributed by atoms with Crippen LogP contribution in [0.4, 0.5) is 5.69 Å². The van der Waals surface area contributed by atoms with Crippen molar-refractivity contribution in [3.63, 3.8) is 0 Å². The first-order valence-corrected chi connectivity index (χ1v) is 7.73. The fourth-order valence-electron chi connectivity index (χ4n) is 3.50. The zero-order chi connectivity index (χ0) is 13.3. The lowest BCUT2D eigenvalue weighted by Gasteiger charge is -2.24. The minimum atomic E-state index is 0.224. The van der Waals surface area contributed by atoms with Crippen molar-refractivity contribution < 1.29 is 4.74 Å². The van der Waals surface area contributed by atoms with Gasteiger partial charge in [0.2, 0.25) is 0 Å². The minimum absolute atomic E-state index is 0.224.